The molecule has 0 radical (unpaired) electrons. The van der Waals surface area contributed by atoms with E-state index >= 15 is 0 Å². The Morgan fingerprint density at radius 2 is 2.00 bits per heavy atom. The fourth-order valence-electron chi connectivity index (χ4n) is 2.47. The molecule has 2 aromatic rings. The van der Waals surface area contributed by atoms with Crippen LogP contribution in [0.15, 0.2) is 47.8 Å². The lowest BCUT2D eigenvalue weighted by Gasteiger charge is -2.17. The topological polar surface area (TPSA) is 72.4 Å². The Hall–Kier alpha value is -2.20. The monoisotopic (exact) mass is 373 g/mol. The lowest BCUT2D eigenvalue weighted by molar-refractivity contribution is -0.141. The highest BCUT2D eigenvalue weighted by molar-refractivity contribution is 7.89. The largest absolute Gasteiger partial charge is 0.487 e. The molecule has 10 heteroatoms. The summed E-state index contributed by atoms with van der Waals surface area (Å²) < 4.78 is 69.5. The summed E-state index contributed by atoms with van der Waals surface area (Å²) in [5.74, 6) is 0.531. The third-order valence-corrected chi connectivity index (χ3v) is 5.56. The zero-order chi connectivity index (χ0) is 18.1. The molecule has 1 aliphatic rings. The van der Waals surface area contributed by atoms with Crippen molar-refractivity contribution in [1.29, 1.82) is 0 Å². The number of rotatable bonds is 4. The van der Waals surface area contributed by atoms with Gasteiger partial charge in [-0.1, -0.05) is 0 Å². The van der Waals surface area contributed by atoms with Crippen molar-refractivity contribution < 1.29 is 26.3 Å². The van der Waals surface area contributed by atoms with E-state index in [1.54, 1.807) is 18.3 Å². The molecule has 0 spiro atoms. The highest BCUT2D eigenvalue weighted by Crippen LogP contribution is 2.29. The van der Waals surface area contributed by atoms with Crippen molar-refractivity contribution >= 4 is 10.0 Å². The molecule has 0 unspecified atom stereocenters. The fourth-order valence-corrected chi connectivity index (χ4v) is 3.90. The molecule has 0 aliphatic carbocycles. The van der Waals surface area contributed by atoms with Crippen molar-refractivity contribution in [2.24, 2.45) is 0 Å². The molecule has 0 aromatic carbocycles. The summed E-state index contributed by atoms with van der Waals surface area (Å²) >= 11 is 0. The van der Waals surface area contributed by atoms with Gasteiger partial charge in [0.15, 0.2) is 0 Å². The molecule has 0 saturated carbocycles. The first-order valence-electron chi connectivity index (χ1n) is 7.37. The van der Waals surface area contributed by atoms with Gasteiger partial charge in [0.05, 0.1) is 12.7 Å². The molecule has 1 fully saturated rings. The van der Waals surface area contributed by atoms with Crippen LogP contribution >= 0.6 is 0 Å². The van der Waals surface area contributed by atoms with Crippen molar-refractivity contribution in [1.82, 2.24) is 14.3 Å². The molecule has 0 bridgehead atoms. The SMILES string of the molecule is O=S(=O)(c1ccc(C(F)(F)F)nc1)N1CC[C@@H](Oc2cccnc2)C1. The predicted molar refractivity (Wildman–Crippen MR) is 81.3 cm³/mol. The minimum Gasteiger partial charge on any atom is -0.487 e. The summed E-state index contributed by atoms with van der Waals surface area (Å²) in [4.78, 5) is 6.84. The van der Waals surface area contributed by atoms with Crippen LogP contribution in [0.4, 0.5) is 13.2 Å². The predicted octanol–water partition coefficient (Wildman–Crippen LogP) is 2.34. The Kier molecular flexibility index (Phi) is 4.65. The van der Waals surface area contributed by atoms with Crippen LogP contribution in [-0.4, -0.2) is 41.9 Å². The summed E-state index contributed by atoms with van der Waals surface area (Å²) in [5, 5.41) is 0. The molecule has 0 N–H and O–H groups in total. The van der Waals surface area contributed by atoms with E-state index in [4.69, 9.17) is 4.74 Å². The molecule has 1 atom stereocenters. The quantitative estimate of drug-likeness (QED) is 0.823. The van der Waals surface area contributed by atoms with Crippen molar-refractivity contribution in [2.45, 2.75) is 23.6 Å². The van der Waals surface area contributed by atoms with Gasteiger partial charge in [0.25, 0.3) is 0 Å². The maximum absolute atomic E-state index is 12.5. The number of hydrogen-bond donors (Lipinski definition) is 0. The third kappa shape index (κ3) is 3.90. The first-order valence-corrected chi connectivity index (χ1v) is 8.81. The van der Waals surface area contributed by atoms with Gasteiger partial charge in [0.2, 0.25) is 10.0 Å². The van der Waals surface area contributed by atoms with Crippen molar-refractivity contribution in [2.75, 3.05) is 13.1 Å². The molecule has 1 saturated heterocycles. The number of alkyl halides is 3. The smallest absolute Gasteiger partial charge is 0.433 e. The summed E-state index contributed by atoms with van der Waals surface area (Å²) in [5.41, 5.74) is -1.13. The number of nitrogens with zero attached hydrogens (tertiary/aromatic N) is 3. The van der Waals surface area contributed by atoms with E-state index < -0.39 is 21.9 Å². The molecule has 3 heterocycles. The Morgan fingerprint density at radius 3 is 2.60 bits per heavy atom. The number of aromatic nitrogens is 2. The van der Waals surface area contributed by atoms with Crippen LogP contribution in [-0.2, 0) is 16.2 Å². The first kappa shape index (κ1) is 17.6. The second-order valence-corrected chi connectivity index (χ2v) is 7.40. The Labute approximate surface area is 142 Å². The molecule has 0 amide bonds. The zero-order valence-electron chi connectivity index (χ0n) is 12.8. The first-order chi connectivity index (χ1) is 11.8. The summed E-state index contributed by atoms with van der Waals surface area (Å²) in [7, 11) is -3.92. The van der Waals surface area contributed by atoms with Gasteiger partial charge < -0.3 is 4.74 Å². The Bertz CT molecular complexity index is 827. The van der Waals surface area contributed by atoms with E-state index in [0.717, 1.165) is 12.3 Å². The average Bonchev–Trinajstić information content (AvgIpc) is 3.04. The molecule has 1 aliphatic heterocycles. The van der Waals surface area contributed by atoms with Crippen LogP contribution in [0.5, 0.6) is 5.75 Å². The highest BCUT2D eigenvalue weighted by Gasteiger charge is 2.36. The minimum atomic E-state index is -4.61. The fraction of sp³-hybridized carbons (Fsp3) is 0.333. The summed E-state index contributed by atoms with van der Waals surface area (Å²) in [6.45, 7) is 0.326. The van der Waals surface area contributed by atoms with Gasteiger partial charge in [0.1, 0.15) is 22.4 Å². The lowest BCUT2D eigenvalue weighted by atomic mass is 10.3. The van der Waals surface area contributed by atoms with Gasteiger partial charge in [-0.2, -0.15) is 17.5 Å². The Morgan fingerprint density at radius 1 is 1.20 bits per heavy atom. The van der Waals surface area contributed by atoms with E-state index in [-0.39, 0.29) is 24.1 Å². The van der Waals surface area contributed by atoms with E-state index in [1.807, 2.05) is 0 Å². The van der Waals surface area contributed by atoms with Gasteiger partial charge in [-0.3, -0.25) is 9.97 Å². The van der Waals surface area contributed by atoms with Crippen LogP contribution in [0, 0.1) is 0 Å². The van der Waals surface area contributed by atoms with Gasteiger partial charge in [0, 0.05) is 18.9 Å². The van der Waals surface area contributed by atoms with E-state index in [0.29, 0.717) is 18.2 Å². The zero-order valence-corrected chi connectivity index (χ0v) is 13.7. The second kappa shape index (κ2) is 6.60. The van der Waals surface area contributed by atoms with E-state index in [9.17, 15) is 21.6 Å². The molecule has 6 nitrogen and oxygen atoms in total. The number of sulfonamides is 1. The van der Waals surface area contributed by atoms with E-state index in [1.165, 1.54) is 10.5 Å². The number of pyridine rings is 2. The summed E-state index contributed by atoms with van der Waals surface area (Å²) in [6.07, 6.45) is -0.637. The van der Waals surface area contributed by atoms with Crippen molar-refractivity contribution in [3.8, 4) is 5.75 Å². The van der Waals surface area contributed by atoms with Gasteiger partial charge in [-0.05, 0) is 30.7 Å². The summed E-state index contributed by atoms with van der Waals surface area (Å²) in [6, 6.07) is 4.99. The van der Waals surface area contributed by atoms with Gasteiger partial charge in [-0.25, -0.2) is 8.42 Å². The molecule has 3 rings (SSSR count). The molecule has 25 heavy (non-hydrogen) atoms. The molecular weight excluding hydrogens is 359 g/mol. The van der Waals surface area contributed by atoms with Crippen LogP contribution in [0.25, 0.3) is 0 Å². The normalized spacial score (nSPS) is 19.1. The number of halogens is 3. The van der Waals surface area contributed by atoms with Crippen LogP contribution < -0.4 is 4.74 Å². The second-order valence-electron chi connectivity index (χ2n) is 5.46. The van der Waals surface area contributed by atoms with Crippen LogP contribution in [0.2, 0.25) is 0 Å². The molecule has 134 valence electrons. The minimum absolute atomic E-state index is 0.109. The van der Waals surface area contributed by atoms with Crippen molar-refractivity contribution in [3.63, 3.8) is 0 Å². The standard InChI is InChI=1S/C15H14F3N3O3S/c16-15(17,18)14-4-3-13(9-20-14)25(22,23)21-7-5-12(10-21)24-11-2-1-6-19-8-11/h1-4,6,8-9,12H,5,7,10H2/t12-/m1/s1. The maximum atomic E-state index is 12.5. The van der Waals surface area contributed by atoms with E-state index in [2.05, 4.69) is 9.97 Å². The van der Waals surface area contributed by atoms with Crippen LogP contribution in [0.3, 0.4) is 0 Å². The number of ether oxygens (including phenoxy) is 1. The van der Waals surface area contributed by atoms with Gasteiger partial charge >= 0.3 is 6.18 Å². The van der Waals surface area contributed by atoms with Crippen molar-refractivity contribution in [3.05, 3.63) is 48.5 Å². The maximum Gasteiger partial charge on any atom is 0.433 e. The van der Waals surface area contributed by atoms with Crippen LogP contribution in [0.1, 0.15) is 12.1 Å². The van der Waals surface area contributed by atoms with Gasteiger partial charge in [-0.15, -0.1) is 0 Å². The average molecular weight is 373 g/mol. The Balaban J connectivity index is 1.71. The number of hydrogen-bond acceptors (Lipinski definition) is 5. The molecule has 2 aromatic heterocycles. The molecular formula is C15H14F3N3O3S. The lowest BCUT2D eigenvalue weighted by Crippen LogP contribution is -2.31. The highest BCUT2D eigenvalue weighted by atomic mass is 32.2. The third-order valence-electron chi connectivity index (χ3n) is 3.71.